The van der Waals surface area contributed by atoms with Crippen LogP contribution in [0.4, 0.5) is 11.8 Å². The summed E-state index contributed by atoms with van der Waals surface area (Å²) >= 11 is 0. The van der Waals surface area contributed by atoms with Crippen molar-refractivity contribution in [2.75, 3.05) is 43.6 Å². The van der Waals surface area contributed by atoms with Gasteiger partial charge in [0.2, 0.25) is 5.95 Å². The molecule has 0 bridgehead atoms. The Bertz CT molecular complexity index is 361. The van der Waals surface area contributed by atoms with Gasteiger partial charge in [-0.2, -0.15) is 4.98 Å². The van der Waals surface area contributed by atoms with Crippen molar-refractivity contribution in [2.45, 2.75) is 12.8 Å². The SMILES string of the molecule is CN(C)c1nccc(N2CCC(CO)CC2)n1. The second-order valence-electron chi connectivity index (χ2n) is 4.72. The number of piperidine rings is 1. The molecular weight excluding hydrogens is 216 g/mol. The molecule has 0 unspecified atom stereocenters. The van der Waals surface area contributed by atoms with E-state index >= 15 is 0 Å². The number of nitrogens with zero attached hydrogens (tertiary/aromatic N) is 4. The topological polar surface area (TPSA) is 52.5 Å². The molecule has 1 aliphatic rings. The maximum atomic E-state index is 9.11. The summed E-state index contributed by atoms with van der Waals surface area (Å²) < 4.78 is 0. The fraction of sp³-hybridized carbons (Fsp3) is 0.667. The summed E-state index contributed by atoms with van der Waals surface area (Å²) in [6, 6.07) is 1.95. The van der Waals surface area contributed by atoms with Gasteiger partial charge in [-0.25, -0.2) is 4.98 Å². The lowest BCUT2D eigenvalue weighted by Crippen LogP contribution is -2.35. The lowest BCUT2D eigenvalue weighted by Gasteiger charge is -2.32. The lowest BCUT2D eigenvalue weighted by atomic mass is 9.98. The quantitative estimate of drug-likeness (QED) is 0.839. The number of hydrogen-bond acceptors (Lipinski definition) is 5. The second kappa shape index (κ2) is 5.31. The van der Waals surface area contributed by atoms with E-state index in [4.69, 9.17) is 5.11 Å². The molecular formula is C12H20N4O. The molecule has 0 amide bonds. The molecule has 1 saturated heterocycles. The van der Waals surface area contributed by atoms with Gasteiger partial charge in [-0.1, -0.05) is 0 Å². The first-order chi connectivity index (χ1) is 8.20. The van der Waals surface area contributed by atoms with Crippen molar-refractivity contribution < 1.29 is 5.11 Å². The maximum Gasteiger partial charge on any atom is 0.226 e. The standard InChI is InChI=1S/C12H20N4O/c1-15(2)12-13-6-3-11(14-12)16-7-4-10(9-17)5-8-16/h3,6,10,17H,4-5,7-9H2,1-2H3. The van der Waals surface area contributed by atoms with Crippen LogP contribution in [0, 0.1) is 5.92 Å². The smallest absolute Gasteiger partial charge is 0.226 e. The number of aliphatic hydroxyl groups is 1. The zero-order chi connectivity index (χ0) is 12.3. The molecule has 1 N–H and O–H groups in total. The summed E-state index contributed by atoms with van der Waals surface area (Å²) in [5, 5.41) is 9.11. The van der Waals surface area contributed by atoms with Crippen LogP contribution in [-0.4, -0.2) is 48.9 Å². The summed E-state index contributed by atoms with van der Waals surface area (Å²) in [4.78, 5) is 12.9. The molecule has 1 fully saturated rings. The van der Waals surface area contributed by atoms with Gasteiger partial charge in [-0.3, -0.25) is 0 Å². The van der Waals surface area contributed by atoms with Gasteiger partial charge in [0.1, 0.15) is 5.82 Å². The Morgan fingerprint density at radius 2 is 2.12 bits per heavy atom. The summed E-state index contributed by atoms with van der Waals surface area (Å²) in [7, 11) is 3.88. The molecule has 2 heterocycles. The second-order valence-corrected chi connectivity index (χ2v) is 4.72. The maximum absolute atomic E-state index is 9.11. The van der Waals surface area contributed by atoms with Crippen LogP contribution in [0.15, 0.2) is 12.3 Å². The predicted molar refractivity (Wildman–Crippen MR) is 68.4 cm³/mol. The monoisotopic (exact) mass is 236 g/mol. The first-order valence-corrected chi connectivity index (χ1v) is 6.07. The van der Waals surface area contributed by atoms with Crippen LogP contribution in [0.5, 0.6) is 0 Å². The summed E-state index contributed by atoms with van der Waals surface area (Å²) in [6.07, 6.45) is 3.88. The lowest BCUT2D eigenvalue weighted by molar-refractivity contribution is 0.203. The molecule has 1 aromatic rings. The fourth-order valence-electron chi connectivity index (χ4n) is 2.08. The highest BCUT2D eigenvalue weighted by Crippen LogP contribution is 2.22. The Kier molecular flexibility index (Phi) is 3.78. The van der Waals surface area contributed by atoms with E-state index in [1.165, 1.54) is 0 Å². The van der Waals surface area contributed by atoms with E-state index in [0.717, 1.165) is 37.7 Å². The molecule has 1 aliphatic heterocycles. The van der Waals surface area contributed by atoms with Gasteiger partial charge in [0.15, 0.2) is 0 Å². The van der Waals surface area contributed by atoms with E-state index in [-0.39, 0.29) is 0 Å². The largest absolute Gasteiger partial charge is 0.396 e. The summed E-state index contributed by atoms with van der Waals surface area (Å²) in [5.74, 6) is 2.19. The highest BCUT2D eigenvalue weighted by atomic mass is 16.3. The average molecular weight is 236 g/mol. The third-order valence-electron chi connectivity index (χ3n) is 3.22. The molecule has 0 aliphatic carbocycles. The highest BCUT2D eigenvalue weighted by Gasteiger charge is 2.19. The van der Waals surface area contributed by atoms with Crippen molar-refractivity contribution in [3.63, 3.8) is 0 Å². The van der Waals surface area contributed by atoms with Gasteiger partial charge in [-0.15, -0.1) is 0 Å². The van der Waals surface area contributed by atoms with Gasteiger partial charge in [0, 0.05) is 40.0 Å². The number of aliphatic hydroxyl groups excluding tert-OH is 1. The first-order valence-electron chi connectivity index (χ1n) is 6.07. The Balaban J connectivity index is 2.05. The third kappa shape index (κ3) is 2.85. The van der Waals surface area contributed by atoms with Crippen LogP contribution in [0.1, 0.15) is 12.8 Å². The van der Waals surface area contributed by atoms with Crippen LogP contribution >= 0.6 is 0 Å². The molecule has 94 valence electrons. The van der Waals surface area contributed by atoms with Crippen molar-refractivity contribution in [3.05, 3.63) is 12.3 Å². The van der Waals surface area contributed by atoms with Gasteiger partial charge >= 0.3 is 0 Å². The Labute approximate surface area is 102 Å². The van der Waals surface area contributed by atoms with Gasteiger partial charge in [0.25, 0.3) is 0 Å². The molecule has 0 spiro atoms. The zero-order valence-electron chi connectivity index (χ0n) is 10.5. The van der Waals surface area contributed by atoms with E-state index < -0.39 is 0 Å². The van der Waals surface area contributed by atoms with Gasteiger partial charge < -0.3 is 14.9 Å². The van der Waals surface area contributed by atoms with Gasteiger partial charge in [0.05, 0.1) is 0 Å². The van der Waals surface area contributed by atoms with Crippen molar-refractivity contribution in [1.82, 2.24) is 9.97 Å². The molecule has 1 aromatic heterocycles. The third-order valence-corrected chi connectivity index (χ3v) is 3.22. The van der Waals surface area contributed by atoms with Crippen LogP contribution in [-0.2, 0) is 0 Å². The Hall–Kier alpha value is -1.36. The van der Waals surface area contributed by atoms with Crippen molar-refractivity contribution in [2.24, 2.45) is 5.92 Å². The highest BCUT2D eigenvalue weighted by molar-refractivity contribution is 5.43. The molecule has 5 heteroatoms. The predicted octanol–water partition coefficient (Wildman–Crippen LogP) is 0.751. The van der Waals surface area contributed by atoms with E-state index in [2.05, 4.69) is 14.9 Å². The molecule has 0 radical (unpaired) electrons. The Morgan fingerprint density at radius 3 is 2.71 bits per heavy atom. The van der Waals surface area contributed by atoms with Crippen LogP contribution in [0.25, 0.3) is 0 Å². The molecule has 0 atom stereocenters. The van der Waals surface area contributed by atoms with E-state index in [0.29, 0.717) is 12.5 Å². The van der Waals surface area contributed by atoms with E-state index in [9.17, 15) is 0 Å². The van der Waals surface area contributed by atoms with Crippen molar-refractivity contribution >= 4 is 11.8 Å². The fourth-order valence-corrected chi connectivity index (χ4v) is 2.08. The van der Waals surface area contributed by atoms with Crippen molar-refractivity contribution in [3.8, 4) is 0 Å². The number of aromatic nitrogens is 2. The van der Waals surface area contributed by atoms with E-state index in [1.54, 1.807) is 6.20 Å². The minimum absolute atomic E-state index is 0.306. The van der Waals surface area contributed by atoms with Gasteiger partial charge in [-0.05, 0) is 24.8 Å². The molecule has 0 saturated carbocycles. The average Bonchev–Trinajstić information content (AvgIpc) is 2.39. The molecule has 17 heavy (non-hydrogen) atoms. The van der Waals surface area contributed by atoms with Crippen LogP contribution in [0.3, 0.4) is 0 Å². The number of anilines is 2. The van der Waals surface area contributed by atoms with Crippen LogP contribution < -0.4 is 9.80 Å². The normalized spacial score (nSPS) is 17.2. The minimum Gasteiger partial charge on any atom is -0.396 e. The van der Waals surface area contributed by atoms with E-state index in [1.807, 2.05) is 25.1 Å². The zero-order valence-corrected chi connectivity index (χ0v) is 10.5. The Morgan fingerprint density at radius 1 is 1.41 bits per heavy atom. The van der Waals surface area contributed by atoms with Crippen LogP contribution in [0.2, 0.25) is 0 Å². The van der Waals surface area contributed by atoms with Crippen molar-refractivity contribution in [1.29, 1.82) is 0 Å². The number of rotatable bonds is 3. The first kappa shape index (κ1) is 12.1. The molecule has 5 nitrogen and oxygen atoms in total. The molecule has 0 aromatic carbocycles. The molecule has 2 rings (SSSR count). The minimum atomic E-state index is 0.306. The summed E-state index contributed by atoms with van der Waals surface area (Å²) in [6.45, 7) is 2.24. The number of hydrogen-bond donors (Lipinski definition) is 1. The summed E-state index contributed by atoms with van der Waals surface area (Å²) in [5.41, 5.74) is 0.